The number of aliphatic hydroxyl groups excluding tert-OH is 4. The molecule has 0 aliphatic rings. The molecule has 0 spiro atoms. The summed E-state index contributed by atoms with van der Waals surface area (Å²) in [4.78, 5) is 8.11. The van der Waals surface area contributed by atoms with Gasteiger partial charge >= 0.3 is 0 Å². The van der Waals surface area contributed by atoms with Crippen molar-refractivity contribution in [3.8, 4) is 0 Å². The van der Waals surface area contributed by atoms with E-state index < -0.39 is 24.4 Å². The molecule has 0 saturated carbocycles. The zero-order valence-electron chi connectivity index (χ0n) is 7.48. The average molecular weight is 212 g/mol. The quantitative estimate of drug-likeness (QED) is 0.235. The van der Waals surface area contributed by atoms with Gasteiger partial charge in [-0.05, 0) is 0 Å². The molecule has 4 atom stereocenters. The Balaban J connectivity index is 4.01. The SMILES string of the molecule is NOC[C@@H](O)[C@@H](O)[C@H](O)[C@H](O)CON. The monoisotopic (exact) mass is 212 g/mol. The molecule has 8 nitrogen and oxygen atoms in total. The third kappa shape index (κ3) is 4.26. The van der Waals surface area contributed by atoms with E-state index in [0.717, 1.165) is 0 Å². The Morgan fingerprint density at radius 1 is 0.786 bits per heavy atom. The molecule has 0 unspecified atom stereocenters. The van der Waals surface area contributed by atoms with Crippen molar-refractivity contribution < 1.29 is 30.1 Å². The first-order valence-electron chi connectivity index (χ1n) is 3.90. The van der Waals surface area contributed by atoms with Gasteiger partial charge in [-0.2, -0.15) is 0 Å². The molecular weight excluding hydrogens is 196 g/mol. The van der Waals surface area contributed by atoms with Gasteiger partial charge < -0.3 is 30.1 Å². The molecule has 14 heavy (non-hydrogen) atoms. The molecule has 0 heterocycles. The van der Waals surface area contributed by atoms with E-state index in [9.17, 15) is 10.2 Å². The van der Waals surface area contributed by atoms with Crippen LogP contribution < -0.4 is 11.8 Å². The van der Waals surface area contributed by atoms with Crippen LogP contribution in [0.1, 0.15) is 0 Å². The highest BCUT2D eigenvalue weighted by atomic mass is 16.6. The van der Waals surface area contributed by atoms with Crippen molar-refractivity contribution in [1.29, 1.82) is 0 Å². The van der Waals surface area contributed by atoms with E-state index >= 15 is 0 Å². The Hall–Kier alpha value is -0.320. The Morgan fingerprint density at radius 3 is 1.29 bits per heavy atom. The zero-order valence-corrected chi connectivity index (χ0v) is 7.48. The van der Waals surface area contributed by atoms with Crippen LogP contribution in [0.2, 0.25) is 0 Å². The molecular formula is C6H16N2O6. The summed E-state index contributed by atoms with van der Waals surface area (Å²) < 4.78 is 0. The molecule has 0 saturated heterocycles. The maximum Gasteiger partial charge on any atom is 0.111 e. The van der Waals surface area contributed by atoms with E-state index in [-0.39, 0.29) is 13.2 Å². The van der Waals surface area contributed by atoms with Gasteiger partial charge in [-0.1, -0.05) is 0 Å². The third-order valence-corrected chi connectivity index (χ3v) is 1.67. The predicted molar refractivity (Wildman–Crippen MR) is 44.3 cm³/mol. The standard InChI is InChI=1S/C6H16N2O6/c7-13-1-3(9)5(11)6(12)4(10)2-14-8/h3-6,9-12H,1-2,7-8H2/t3-,4-,5-,6-/m1/s1. The van der Waals surface area contributed by atoms with Gasteiger partial charge in [-0.25, -0.2) is 11.8 Å². The lowest BCUT2D eigenvalue weighted by Crippen LogP contribution is -2.48. The predicted octanol–water partition coefficient (Wildman–Crippen LogP) is -3.79. The van der Waals surface area contributed by atoms with E-state index in [0.29, 0.717) is 0 Å². The van der Waals surface area contributed by atoms with Crippen LogP contribution >= 0.6 is 0 Å². The van der Waals surface area contributed by atoms with Crippen molar-refractivity contribution in [1.82, 2.24) is 0 Å². The van der Waals surface area contributed by atoms with Gasteiger partial charge in [0.2, 0.25) is 0 Å². The number of hydrogen-bond donors (Lipinski definition) is 6. The Bertz CT molecular complexity index is 132. The fourth-order valence-electron chi connectivity index (χ4n) is 0.850. The Labute approximate surface area is 80.6 Å². The summed E-state index contributed by atoms with van der Waals surface area (Å²) in [7, 11) is 0. The summed E-state index contributed by atoms with van der Waals surface area (Å²) in [5, 5.41) is 36.7. The lowest BCUT2D eigenvalue weighted by Gasteiger charge is -2.25. The minimum absolute atomic E-state index is 0.367. The van der Waals surface area contributed by atoms with Gasteiger partial charge in [0.1, 0.15) is 24.4 Å². The van der Waals surface area contributed by atoms with Gasteiger partial charge in [-0.15, -0.1) is 0 Å². The van der Waals surface area contributed by atoms with Gasteiger partial charge in [0.15, 0.2) is 0 Å². The molecule has 0 aliphatic heterocycles. The maximum absolute atomic E-state index is 9.22. The molecule has 0 aliphatic carbocycles. The van der Waals surface area contributed by atoms with E-state index in [4.69, 9.17) is 10.2 Å². The number of hydrogen-bond acceptors (Lipinski definition) is 8. The second-order valence-electron chi connectivity index (χ2n) is 2.78. The largest absolute Gasteiger partial charge is 0.388 e. The Kier molecular flexibility index (Phi) is 6.87. The van der Waals surface area contributed by atoms with Gasteiger partial charge in [0.25, 0.3) is 0 Å². The molecule has 8 heteroatoms. The smallest absolute Gasteiger partial charge is 0.111 e. The summed E-state index contributed by atoms with van der Waals surface area (Å²) in [6.07, 6.45) is -5.99. The molecule has 0 bridgehead atoms. The fourth-order valence-corrected chi connectivity index (χ4v) is 0.850. The third-order valence-electron chi connectivity index (χ3n) is 1.67. The van der Waals surface area contributed by atoms with Crippen LogP contribution in [-0.2, 0) is 9.68 Å². The van der Waals surface area contributed by atoms with Crippen molar-refractivity contribution in [3.63, 3.8) is 0 Å². The van der Waals surface area contributed by atoms with Crippen LogP contribution in [0.3, 0.4) is 0 Å². The highest BCUT2D eigenvalue weighted by molar-refractivity contribution is 4.80. The van der Waals surface area contributed by atoms with E-state index in [1.54, 1.807) is 0 Å². The molecule has 0 aromatic rings. The summed E-state index contributed by atoms with van der Waals surface area (Å²) >= 11 is 0. The summed E-state index contributed by atoms with van der Waals surface area (Å²) in [5.74, 6) is 9.28. The molecule has 86 valence electrons. The second-order valence-corrected chi connectivity index (χ2v) is 2.78. The Morgan fingerprint density at radius 2 is 1.07 bits per heavy atom. The maximum atomic E-state index is 9.22. The minimum atomic E-state index is -1.59. The average Bonchev–Trinajstić information content (AvgIpc) is 2.16. The summed E-state index contributed by atoms with van der Waals surface area (Å²) in [5.41, 5.74) is 0. The van der Waals surface area contributed by atoms with Crippen molar-refractivity contribution in [2.75, 3.05) is 13.2 Å². The fraction of sp³-hybridized carbons (Fsp3) is 1.00. The first-order valence-corrected chi connectivity index (χ1v) is 3.90. The van der Waals surface area contributed by atoms with Gasteiger partial charge in [-0.3, -0.25) is 0 Å². The second kappa shape index (κ2) is 7.04. The van der Waals surface area contributed by atoms with E-state index in [1.807, 2.05) is 0 Å². The van der Waals surface area contributed by atoms with Crippen molar-refractivity contribution in [2.24, 2.45) is 11.8 Å². The number of nitrogens with two attached hydrogens (primary N) is 2. The number of aliphatic hydroxyl groups is 4. The molecule has 0 aromatic carbocycles. The zero-order chi connectivity index (χ0) is 11.1. The van der Waals surface area contributed by atoms with Gasteiger partial charge in [0.05, 0.1) is 13.2 Å². The first-order chi connectivity index (χ1) is 6.54. The topological polar surface area (TPSA) is 151 Å². The van der Waals surface area contributed by atoms with Crippen molar-refractivity contribution in [3.05, 3.63) is 0 Å². The van der Waals surface area contributed by atoms with Crippen LogP contribution in [0.25, 0.3) is 0 Å². The highest BCUT2D eigenvalue weighted by Gasteiger charge is 2.30. The van der Waals surface area contributed by atoms with Crippen LogP contribution in [0.4, 0.5) is 0 Å². The van der Waals surface area contributed by atoms with E-state index in [2.05, 4.69) is 21.5 Å². The van der Waals surface area contributed by atoms with Crippen LogP contribution in [0, 0.1) is 0 Å². The summed E-state index contributed by atoms with van der Waals surface area (Å²) in [6, 6.07) is 0. The molecule has 0 amide bonds. The lowest BCUT2D eigenvalue weighted by molar-refractivity contribution is -0.134. The molecule has 0 rings (SSSR count). The van der Waals surface area contributed by atoms with E-state index in [1.165, 1.54) is 0 Å². The van der Waals surface area contributed by atoms with Crippen LogP contribution in [0.15, 0.2) is 0 Å². The summed E-state index contributed by atoms with van der Waals surface area (Å²) in [6.45, 7) is -0.733. The normalized spacial score (nSPS) is 20.1. The van der Waals surface area contributed by atoms with Crippen molar-refractivity contribution in [2.45, 2.75) is 24.4 Å². The molecule has 0 fully saturated rings. The molecule has 8 N–H and O–H groups in total. The highest BCUT2D eigenvalue weighted by Crippen LogP contribution is 2.05. The first kappa shape index (κ1) is 13.7. The molecule has 0 aromatic heterocycles. The molecule has 0 radical (unpaired) electrons. The van der Waals surface area contributed by atoms with Gasteiger partial charge in [0, 0.05) is 0 Å². The van der Waals surface area contributed by atoms with Crippen LogP contribution in [0.5, 0.6) is 0 Å². The number of rotatable bonds is 7. The minimum Gasteiger partial charge on any atom is -0.388 e. The lowest BCUT2D eigenvalue weighted by atomic mass is 10.0. The van der Waals surface area contributed by atoms with Crippen LogP contribution in [-0.4, -0.2) is 58.1 Å². The van der Waals surface area contributed by atoms with Crippen molar-refractivity contribution >= 4 is 0 Å².